The molecule has 1 fully saturated rings. The molecule has 22 heavy (non-hydrogen) atoms. The molecule has 2 aromatic rings. The molecule has 3 N–H and O–H groups in total. The molecule has 0 amide bonds. The first-order valence-electron chi connectivity index (χ1n) is 7.89. The first kappa shape index (κ1) is 14.8. The predicted molar refractivity (Wildman–Crippen MR) is 90.5 cm³/mol. The van der Waals surface area contributed by atoms with Crippen molar-refractivity contribution in [2.45, 2.75) is 32.2 Å². The summed E-state index contributed by atoms with van der Waals surface area (Å²) >= 11 is 0. The first-order valence-corrected chi connectivity index (χ1v) is 7.89. The van der Waals surface area contributed by atoms with Crippen molar-refractivity contribution < 1.29 is 0 Å². The van der Waals surface area contributed by atoms with Crippen molar-refractivity contribution in [3.05, 3.63) is 42.2 Å². The normalized spacial score (nSPS) is 18.8. The third-order valence-electron chi connectivity index (χ3n) is 3.97. The van der Waals surface area contributed by atoms with Gasteiger partial charge in [0.2, 0.25) is 0 Å². The summed E-state index contributed by atoms with van der Waals surface area (Å²) in [4.78, 5) is 11.4. The van der Waals surface area contributed by atoms with E-state index in [0.717, 1.165) is 55.5 Å². The molecule has 0 radical (unpaired) electrons. The smallest absolute Gasteiger partial charge is 0.136 e. The fourth-order valence-electron chi connectivity index (χ4n) is 2.80. The number of nitrogens with one attached hydrogen (secondary N) is 1. The molecule has 1 unspecified atom stereocenters. The van der Waals surface area contributed by atoms with E-state index in [-0.39, 0.29) is 0 Å². The lowest BCUT2D eigenvalue weighted by atomic mass is 10.1. The lowest BCUT2D eigenvalue weighted by Gasteiger charge is -2.22. The summed E-state index contributed by atoms with van der Waals surface area (Å²) < 4.78 is 0. The number of hydrogen-bond donors (Lipinski definition) is 2. The summed E-state index contributed by atoms with van der Waals surface area (Å²) in [5.41, 5.74) is 7.10. The van der Waals surface area contributed by atoms with Crippen LogP contribution in [-0.4, -0.2) is 29.1 Å². The molecule has 3 rings (SSSR count). The van der Waals surface area contributed by atoms with Crippen LogP contribution >= 0.6 is 0 Å². The minimum absolute atomic E-state index is 0.315. The zero-order valence-electron chi connectivity index (χ0n) is 13.0. The number of nitrogens with zero attached hydrogens (tertiary/aromatic N) is 3. The van der Waals surface area contributed by atoms with E-state index < -0.39 is 0 Å². The van der Waals surface area contributed by atoms with Crippen LogP contribution in [-0.2, 0) is 0 Å². The molecule has 1 aromatic carbocycles. The van der Waals surface area contributed by atoms with Gasteiger partial charge in [-0.2, -0.15) is 0 Å². The number of benzene rings is 1. The lowest BCUT2D eigenvalue weighted by molar-refractivity contribution is 0.601. The average Bonchev–Trinajstić information content (AvgIpc) is 2.72. The Kier molecular flexibility index (Phi) is 4.53. The third kappa shape index (κ3) is 3.74. The maximum Gasteiger partial charge on any atom is 0.136 e. The van der Waals surface area contributed by atoms with Gasteiger partial charge in [-0.05, 0) is 38.3 Å². The SMILES string of the molecule is Cc1nc(Nc2ccccc2)cc(N2CCCC(N)CC2)n1. The van der Waals surface area contributed by atoms with E-state index in [1.54, 1.807) is 0 Å². The molecule has 1 aliphatic heterocycles. The van der Waals surface area contributed by atoms with E-state index in [4.69, 9.17) is 5.73 Å². The average molecular weight is 297 g/mol. The fourth-order valence-corrected chi connectivity index (χ4v) is 2.80. The van der Waals surface area contributed by atoms with Gasteiger partial charge >= 0.3 is 0 Å². The molecular formula is C17H23N5. The van der Waals surface area contributed by atoms with Gasteiger partial charge in [0.15, 0.2) is 0 Å². The van der Waals surface area contributed by atoms with Crippen molar-refractivity contribution in [2.75, 3.05) is 23.3 Å². The van der Waals surface area contributed by atoms with Crippen molar-refractivity contribution >= 4 is 17.3 Å². The fraction of sp³-hybridized carbons (Fsp3) is 0.412. The molecule has 1 aliphatic rings. The number of anilines is 3. The Labute approximate surface area is 131 Å². The topological polar surface area (TPSA) is 67.1 Å². The van der Waals surface area contributed by atoms with Gasteiger partial charge in [0.05, 0.1) is 0 Å². The van der Waals surface area contributed by atoms with Crippen molar-refractivity contribution in [2.24, 2.45) is 5.73 Å². The van der Waals surface area contributed by atoms with E-state index in [2.05, 4.69) is 20.2 Å². The van der Waals surface area contributed by atoms with Crippen LogP contribution in [0.4, 0.5) is 17.3 Å². The minimum atomic E-state index is 0.315. The molecule has 5 heteroatoms. The summed E-state index contributed by atoms with van der Waals surface area (Å²) in [6, 6.07) is 12.4. The van der Waals surface area contributed by atoms with Crippen molar-refractivity contribution in [3.8, 4) is 0 Å². The summed E-state index contributed by atoms with van der Waals surface area (Å²) in [6.07, 6.45) is 3.23. The van der Waals surface area contributed by atoms with E-state index in [1.807, 2.05) is 43.3 Å². The molecule has 5 nitrogen and oxygen atoms in total. The van der Waals surface area contributed by atoms with Gasteiger partial charge in [-0.25, -0.2) is 9.97 Å². The molecule has 1 saturated heterocycles. The molecule has 116 valence electrons. The Morgan fingerprint density at radius 3 is 2.77 bits per heavy atom. The van der Waals surface area contributed by atoms with Crippen LogP contribution in [0.25, 0.3) is 0 Å². The molecule has 0 aliphatic carbocycles. The van der Waals surface area contributed by atoms with Gasteiger partial charge in [0.25, 0.3) is 0 Å². The first-order chi connectivity index (χ1) is 10.7. The summed E-state index contributed by atoms with van der Waals surface area (Å²) in [7, 11) is 0. The summed E-state index contributed by atoms with van der Waals surface area (Å²) in [5, 5.41) is 3.35. The highest BCUT2D eigenvalue weighted by molar-refractivity contribution is 5.59. The maximum atomic E-state index is 6.07. The van der Waals surface area contributed by atoms with Crippen molar-refractivity contribution in [3.63, 3.8) is 0 Å². The van der Waals surface area contributed by atoms with E-state index >= 15 is 0 Å². The highest BCUT2D eigenvalue weighted by Gasteiger charge is 2.16. The van der Waals surface area contributed by atoms with Gasteiger partial charge in [0, 0.05) is 30.9 Å². The zero-order chi connectivity index (χ0) is 15.4. The van der Waals surface area contributed by atoms with Crippen LogP contribution < -0.4 is 16.0 Å². The number of aromatic nitrogens is 2. The highest BCUT2D eigenvalue weighted by atomic mass is 15.2. The van der Waals surface area contributed by atoms with Gasteiger partial charge in [0.1, 0.15) is 17.5 Å². The number of hydrogen-bond acceptors (Lipinski definition) is 5. The lowest BCUT2D eigenvalue weighted by Crippen LogP contribution is -2.27. The number of para-hydroxylation sites is 1. The molecular weight excluding hydrogens is 274 g/mol. The summed E-state index contributed by atoms with van der Waals surface area (Å²) in [6.45, 7) is 3.90. The number of rotatable bonds is 3. The van der Waals surface area contributed by atoms with Gasteiger partial charge < -0.3 is 16.0 Å². The largest absolute Gasteiger partial charge is 0.356 e. The molecule has 0 saturated carbocycles. The van der Waals surface area contributed by atoms with Crippen LogP contribution in [0, 0.1) is 6.92 Å². The Balaban J connectivity index is 1.80. The Morgan fingerprint density at radius 1 is 1.14 bits per heavy atom. The predicted octanol–water partition coefficient (Wildman–Crippen LogP) is 2.85. The van der Waals surface area contributed by atoms with E-state index in [0.29, 0.717) is 6.04 Å². The standard InChI is InChI=1S/C17H23N5/c1-13-19-16(21-15-7-3-2-4-8-15)12-17(20-13)22-10-5-6-14(18)9-11-22/h2-4,7-8,12,14H,5-6,9-11,18H2,1H3,(H,19,20,21). The van der Waals surface area contributed by atoms with Crippen molar-refractivity contribution in [1.29, 1.82) is 0 Å². The number of nitrogens with two attached hydrogens (primary N) is 1. The number of aryl methyl sites for hydroxylation is 1. The Bertz CT molecular complexity index is 614. The highest BCUT2D eigenvalue weighted by Crippen LogP contribution is 2.22. The second-order valence-electron chi connectivity index (χ2n) is 5.83. The van der Waals surface area contributed by atoms with Crippen LogP contribution in [0.2, 0.25) is 0 Å². The second kappa shape index (κ2) is 6.75. The van der Waals surface area contributed by atoms with E-state index in [1.165, 1.54) is 0 Å². The Hall–Kier alpha value is -2.14. The quantitative estimate of drug-likeness (QED) is 0.912. The van der Waals surface area contributed by atoms with Gasteiger partial charge in [-0.3, -0.25) is 0 Å². The van der Waals surface area contributed by atoms with Crippen LogP contribution in [0.15, 0.2) is 36.4 Å². The minimum Gasteiger partial charge on any atom is -0.356 e. The summed E-state index contributed by atoms with van der Waals surface area (Å²) in [5.74, 6) is 2.60. The maximum absolute atomic E-state index is 6.07. The van der Waals surface area contributed by atoms with Crippen LogP contribution in [0.1, 0.15) is 25.1 Å². The van der Waals surface area contributed by atoms with Crippen LogP contribution in [0.5, 0.6) is 0 Å². The molecule has 0 bridgehead atoms. The molecule has 0 spiro atoms. The van der Waals surface area contributed by atoms with E-state index in [9.17, 15) is 0 Å². The zero-order valence-corrected chi connectivity index (χ0v) is 13.0. The van der Waals surface area contributed by atoms with Crippen LogP contribution in [0.3, 0.4) is 0 Å². The third-order valence-corrected chi connectivity index (χ3v) is 3.97. The monoisotopic (exact) mass is 297 g/mol. The van der Waals surface area contributed by atoms with Gasteiger partial charge in [-0.1, -0.05) is 18.2 Å². The Morgan fingerprint density at radius 2 is 1.95 bits per heavy atom. The molecule has 1 aromatic heterocycles. The van der Waals surface area contributed by atoms with Crippen molar-refractivity contribution in [1.82, 2.24) is 9.97 Å². The molecule has 2 heterocycles. The molecule has 1 atom stereocenters. The second-order valence-corrected chi connectivity index (χ2v) is 5.83. The van der Waals surface area contributed by atoms with Gasteiger partial charge in [-0.15, -0.1) is 0 Å².